The number of methoxy groups -OCH3 is 1. The minimum Gasteiger partial charge on any atom is -0.496 e. The lowest BCUT2D eigenvalue weighted by Crippen LogP contribution is -2.45. The molecule has 3 aromatic heterocycles. The van der Waals surface area contributed by atoms with Crippen LogP contribution in [0.3, 0.4) is 0 Å². The van der Waals surface area contributed by atoms with Gasteiger partial charge >= 0.3 is 0 Å². The lowest BCUT2D eigenvalue weighted by molar-refractivity contribution is 0.0708. The number of nitrogens with zero attached hydrogens (tertiary/aromatic N) is 3. The third-order valence-corrected chi connectivity index (χ3v) is 8.49. The van der Waals surface area contributed by atoms with Crippen LogP contribution in [0.15, 0.2) is 36.5 Å². The Morgan fingerprint density at radius 2 is 2.12 bits per heavy atom. The summed E-state index contributed by atoms with van der Waals surface area (Å²) >= 11 is 1.74. The predicted molar refractivity (Wildman–Crippen MR) is 138 cm³/mol. The van der Waals surface area contributed by atoms with E-state index in [-0.39, 0.29) is 11.9 Å². The van der Waals surface area contributed by atoms with Gasteiger partial charge in [0.25, 0.3) is 5.91 Å². The van der Waals surface area contributed by atoms with Gasteiger partial charge in [-0.3, -0.25) is 4.79 Å². The van der Waals surface area contributed by atoms with Crippen LogP contribution in [0.2, 0.25) is 0 Å². The average Bonchev–Trinajstić information content (AvgIpc) is 3.52. The van der Waals surface area contributed by atoms with Gasteiger partial charge in [0.2, 0.25) is 0 Å². The zero-order valence-electron chi connectivity index (χ0n) is 19.7. The molecule has 1 amide bonds. The van der Waals surface area contributed by atoms with E-state index in [1.54, 1.807) is 18.4 Å². The smallest absolute Gasteiger partial charge is 0.254 e. The van der Waals surface area contributed by atoms with Crippen LogP contribution in [0.4, 0.5) is 0 Å². The average molecular weight is 475 g/mol. The van der Waals surface area contributed by atoms with Gasteiger partial charge in [0.15, 0.2) is 0 Å². The number of piperidine rings is 1. The Hall–Kier alpha value is -2.90. The molecule has 2 fully saturated rings. The van der Waals surface area contributed by atoms with Crippen LogP contribution in [0.1, 0.15) is 41.6 Å². The molecule has 1 unspecified atom stereocenters. The van der Waals surface area contributed by atoms with Crippen molar-refractivity contribution in [3.8, 4) is 16.3 Å². The molecule has 1 aliphatic carbocycles. The molecule has 2 N–H and O–H groups in total. The number of aromatic nitrogens is 2. The quantitative estimate of drug-likeness (QED) is 0.431. The number of aryl methyl sites for hydroxylation is 1. The Morgan fingerprint density at radius 1 is 1.26 bits per heavy atom. The fraction of sp³-hybridized carbons (Fsp3) is 0.407. The van der Waals surface area contributed by atoms with E-state index in [0.717, 1.165) is 53.3 Å². The molecule has 6 nitrogen and oxygen atoms in total. The summed E-state index contributed by atoms with van der Waals surface area (Å²) in [6.45, 7) is 4.53. The molecule has 1 aromatic carbocycles. The number of nitrogens with two attached hydrogens (primary N) is 1. The predicted octanol–water partition coefficient (Wildman–Crippen LogP) is 5.21. The maximum atomic E-state index is 13.3. The second kappa shape index (κ2) is 8.40. The molecule has 1 atom stereocenters. The highest BCUT2D eigenvalue weighted by molar-refractivity contribution is 7.22. The van der Waals surface area contributed by atoms with Crippen molar-refractivity contribution in [1.82, 2.24) is 14.5 Å². The molecule has 0 radical (unpaired) electrons. The number of benzene rings is 1. The number of rotatable bonds is 5. The van der Waals surface area contributed by atoms with Crippen molar-refractivity contribution in [2.45, 2.75) is 45.2 Å². The van der Waals surface area contributed by atoms with Crippen LogP contribution in [0.25, 0.3) is 31.7 Å². The standard InChI is InChI=1S/C27H30N4O2S/c1-16-24-22(33-2)12-19(27(32)30-10-4-6-20(28)15-30)13-23(24)34-25(16)21-11-18-5-3-9-29-26(18)31(21)14-17-7-8-17/h3,5,9,11-13,17,20H,4,6-8,10,14-15,28H2,1-2H3. The van der Waals surface area contributed by atoms with E-state index in [0.29, 0.717) is 12.1 Å². The van der Waals surface area contributed by atoms with Crippen molar-refractivity contribution in [3.05, 3.63) is 47.7 Å². The molecule has 6 rings (SSSR count). The van der Waals surface area contributed by atoms with Crippen LogP contribution < -0.4 is 10.5 Å². The third kappa shape index (κ3) is 3.67. The van der Waals surface area contributed by atoms with Gasteiger partial charge in [-0.2, -0.15) is 0 Å². The number of carbonyl (C=O) groups excluding carboxylic acids is 1. The second-order valence-electron chi connectivity index (χ2n) is 9.76. The summed E-state index contributed by atoms with van der Waals surface area (Å²) in [4.78, 5) is 21.1. The molecule has 0 bridgehead atoms. The zero-order valence-corrected chi connectivity index (χ0v) is 20.5. The summed E-state index contributed by atoms with van der Waals surface area (Å²) in [5.41, 5.74) is 10.3. The largest absolute Gasteiger partial charge is 0.496 e. The molecular formula is C27H30N4O2S. The molecule has 176 valence electrons. The van der Waals surface area contributed by atoms with Crippen molar-refractivity contribution in [3.63, 3.8) is 0 Å². The van der Waals surface area contributed by atoms with Crippen molar-refractivity contribution in [2.75, 3.05) is 20.2 Å². The lowest BCUT2D eigenvalue weighted by Gasteiger charge is -2.30. The van der Waals surface area contributed by atoms with Crippen molar-refractivity contribution in [1.29, 1.82) is 0 Å². The van der Waals surface area contributed by atoms with Gasteiger partial charge in [-0.15, -0.1) is 11.3 Å². The van der Waals surface area contributed by atoms with Crippen LogP contribution in [0.5, 0.6) is 5.75 Å². The highest BCUT2D eigenvalue weighted by Gasteiger charge is 2.27. The van der Waals surface area contributed by atoms with Gasteiger partial charge in [0.05, 0.1) is 17.7 Å². The molecule has 2 aliphatic rings. The van der Waals surface area contributed by atoms with Gasteiger partial charge in [0.1, 0.15) is 11.4 Å². The summed E-state index contributed by atoms with van der Waals surface area (Å²) in [5, 5.41) is 2.25. The first kappa shape index (κ1) is 21.6. The van der Waals surface area contributed by atoms with Crippen molar-refractivity contribution >= 4 is 38.4 Å². The molecular weight excluding hydrogens is 444 g/mol. The molecule has 4 heterocycles. The van der Waals surface area contributed by atoms with E-state index < -0.39 is 0 Å². The molecule has 34 heavy (non-hydrogen) atoms. The Morgan fingerprint density at radius 3 is 2.88 bits per heavy atom. The minimum atomic E-state index is 0.0370. The SMILES string of the molecule is COc1cc(C(=O)N2CCCC(N)C2)cc2sc(-c3cc4cccnc4n3CC3CC3)c(C)c12. The first-order valence-corrected chi connectivity index (χ1v) is 13.0. The van der Waals surface area contributed by atoms with Crippen LogP contribution >= 0.6 is 11.3 Å². The Kier molecular flexibility index (Phi) is 5.34. The normalized spacial score (nSPS) is 18.7. The fourth-order valence-corrected chi connectivity index (χ4v) is 6.55. The van der Waals surface area contributed by atoms with E-state index in [1.807, 2.05) is 29.3 Å². The number of ether oxygens (including phenoxy) is 1. The van der Waals surface area contributed by atoms with Crippen LogP contribution in [-0.2, 0) is 6.54 Å². The number of thiophene rings is 1. The highest BCUT2D eigenvalue weighted by Crippen LogP contribution is 2.45. The summed E-state index contributed by atoms with van der Waals surface area (Å²) in [7, 11) is 1.69. The topological polar surface area (TPSA) is 73.4 Å². The Bertz CT molecular complexity index is 1400. The van der Waals surface area contributed by atoms with Gasteiger partial charge in [-0.05, 0) is 74.4 Å². The fourth-order valence-electron chi connectivity index (χ4n) is 5.26. The second-order valence-corrected chi connectivity index (χ2v) is 10.8. The Balaban J connectivity index is 1.47. The Labute approximate surface area is 203 Å². The molecule has 1 saturated carbocycles. The lowest BCUT2D eigenvalue weighted by atomic mass is 10.0. The van der Waals surface area contributed by atoms with E-state index in [9.17, 15) is 4.79 Å². The number of hydrogen-bond acceptors (Lipinski definition) is 5. The number of carbonyl (C=O) groups is 1. The first-order valence-electron chi connectivity index (χ1n) is 12.1. The van der Waals surface area contributed by atoms with Gasteiger partial charge in [0, 0.05) is 52.9 Å². The number of amides is 1. The first-order chi connectivity index (χ1) is 16.5. The third-order valence-electron chi connectivity index (χ3n) is 7.23. The summed E-state index contributed by atoms with van der Waals surface area (Å²) in [6, 6.07) is 10.4. The molecule has 4 aromatic rings. The van der Waals surface area contributed by atoms with E-state index in [1.165, 1.54) is 34.4 Å². The monoisotopic (exact) mass is 474 g/mol. The molecule has 1 saturated heterocycles. The zero-order chi connectivity index (χ0) is 23.4. The van der Waals surface area contributed by atoms with E-state index in [4.69, 9.17) is 15.5 Å². The van der Waals surface area contributed by atoms with Crippen molar-refractivity contribution < 1.29 is 9.53 Å². The van der Waals surface area contributed by atoms with Crippen LogP contribution in [0, 0.1) is 12.8 Å². The van der Waals surface area contributed by atoms with Crippen LogP contribution in [-0.4, -0.2) is 46.6 Å². The summed E-state index contributed by atoms with van der Waals surface area (Å²) in [6.07, 6.45) is 6.38. The maximum Gasteiger partial charge on any atom is 0.254 e. The number of fused-ring (bicyclic) bond motifs is 2. The maximum absolute atomic E-state index is 13.3. The number of hydrogen-bond donors (Lipinski definition) is 1. The van der Waals surface area contributed by atoms with E-state index >= 15 is 0 Å². The number of likely N-dealkylation sites (tertiary alicyclic amines) is 1. The van der Waals surface area contributed by atoms with Crippen molar-refractivity contribution in [2.24, 2.45) is 11.7 Å². The van der Waals surface area contributed by atoms with Gasteiger partial charge in [-0.25, -0.2) is 4.98 Å². The minimum absolute atomic E-state index is 0.0370. The van der Waals surface area contributed by atoms with E-state index in [2.05, 4.69) is 23.6 Å². The highest BCUT2D eigenvalue weighted by atomic mass is 32.1. The molecule has 1 aliphatic heterocycles. The molecule has 7 heteroatoms. The summed E-state index contributed by atoms with van der Waals surface area (Å²) in [5.74, 6) is 1.53. The summed E-state index contributed by atoms with van der Waals surface area (Å²) < 4.78 is 9.28. The van der Waals surface area contributed by atoms with Gasteiger partial charge < -0.3 is 19.9 Å². The molecule has 0 spiro atoms. The van der Waals surface area contributed by atoms with Gasteiger partial charge in [-0.1, -0.05) is 0 Å². The number of pyridine rings is 1.